The molecule has 0 atom stereocenters. The lowest BCUT2D eigenvalue weighted by Crippen LogP contribution is -2.24. The summed E-state index contributed by atoms with van der Waals surface area (Å²) in [6.45, 7) is -0.0157. The molecule has 0 fully saturated rings. The first kappa shape index (κ1) is 16.2. The molecule has 4 aromatic rings. The van der Waals surface area contributed by atoms with Crippen molar-refractivity contribution in [1.82, 2.24) is 9.55 Å². The first-order chi connectivity index (χ1) is 12.1. The van der Waals surface area contributed by atoms with Crippen molar-refractivity contribution in [2.45, 2.75) is 6.54 Å². The molecule has 124 valence electrons. The number of aromatic nitrogens is 2. The van der Waals surface area contributed by atoms with Gasteiger partial charge in [0.2, 0.25) is 0 Å². The molecule has 0 saturated carbocycles. The molecule has 0 radical (unpaired) electrons. The standard InChI is InChI=1S/C18H11ClN2O2S2/c19-12-5-3-11(4-6-12)13-9-25-17-16(13)18(23)21(10-20-17)8-14(22)15-2-1-7-24-15/h1-7,9-10H,8H2. The summed E-state index contributed by atoms with van der Waals surface area (Å²) >= 11 is 8.72. The van der Waals surface area contributed by atoms with Gasteiger partial charge in [0.05, 0.1) is 23.1 Å². The highest BCUT2D eigenvalue weighted by molar-refractivity contribution is 7.17. The summed E-state index contributed by atoms with van der Waals surface area (Å²) < 4.78 is 1.37. The number of carbonyl (C=O) groups is 1. The molecule has 0 aliphatic rings. The monoisotopic (exact) mass is 386 g/mol. The van der Waals surface area contributed by atoms with E-state index >= 15 is 0 Å². The lowest BCUT2D eigenvalue weighted by molar-refractivity contribution is 0.0974. The Morgan fingerprint density at radius 2 is 1.96 bits per heavy atom. The molecular weight excluding hydrogens is 376 g/mol. The lowest BCUT2D eigenvalue weighted by atomic mass is 10.1. The van der Waals surface area contributed by atoms with Gasteiger partial charge in [-0.3, -0.25) is 14.2 Å². The summed E-state index contributed by atoms with van der Waals surface area (Å²) in [6.07, 6.45) is 1.44. The summed E-state index contributed by atoms with van der Waals surface area (Å²) in [4.78, 5) is 30.9. The van der Waals surface area contributed by atoms with E-state index in [4.69, 9.17) is 11.6 Å². The summed E-state index contributed by atoms with van der Waals surface area (Å²) in [5.41, 5.74) is 1.50. The number of carbonyl (C=O) groups excluding carboxylic acids is 1. The second kappa shape index (κ2) is 6.55. The topological polar surface area (TPSA) is 52.0 Å². The Morgan fingerprint density at radius 1 is 1.16 bits per heavy atom. The zero-order valence-corrected chi connectivity index (χ0v) is 15.2. The fourth-order valence-corrected chi connectivity index (χ4v) is 4.28. The van der Waals surface area contributed by atoms with Crippen LogP contribution in [0.15, 0.2) is 58.3 Å². The lowest BCUT2D eigenvalue weighted by Gasteiger charge is -2.05. The van der Waals surface area contributed by atoms with Crippen molar-refractivity contribution >= 4 is 50.3 Å². The molecule has 4 rings (SSSR count). The Hall–Kier alpha value is -2.28. The van der Waals surface area contributed by atoms with Crippen molar-refractivity contribution in [2.75, 3.05) is 0 Å². The third-order valence-corrected chi connectivity index (χ3v) is 5.88. The van der Waals surface area contributed by atoms with Crippen LogP contribution < -0.4 is 5.56 Å². The molecule has 3 aromatic heterocycles. The minimum absolute atomic E-state index is 0.0157. The molecule has 3 heterocycles. The van der Waals surface area contributed by atoms with Crippen LogP contribution >= 0.6 is 34.3 Å². The van der Waals surface area contributed by atoms with Crippen molar-refractivity contribution in [3.8, 4) is 11.1 Å². The molecule has 0 N–H and O–H groups in total. The second-order valence-corrected chi connectivity index (χ2v) is 7.66. The molecule has 0 saturated heterocycles. The average molecular weight is 387 g/mol. The van der Waals surface area contributed by atoms with Crippen LogP contribution in [0.2, 0.25) is 5.02 Å². The van der Waals surface area contributed by atoms with Crippen molar-refractivity contribution in [3.63, 3.8) is 0 Å². The van der Waals surface area contributed by atoms with E-state index in [1.54, 1.807) is 18.2 Å². The Kier molecular flexibility index (Phi) is 4.25. The van der Waals surface area contributed by atoms with Gasteiger partial charge in [-0.25, -0.2) is 4.98 Å². The summed E-state index contributed by atoms with van der Waals surface area (Å²) in [5, 5.41) is 4.93. The third kappa shape index (κ3) is 3.04. The van der Waals surface area contributed by atoms with Gasteiger partial charge in [0.25, 0.3) is 5.56 Å². The van der Waals surface area contributed by atoms with Gasteiger partial charge in [-0.1, -0.05) is 29.8 Å². The molecule has 0 aliphatic carbocycles. The quantitative estimate of drug-likeness (QED) is 0.477. The fraction of sp³-hybridized carbons (Fsp3) is 0.0556. The smallest absolute Gasteiger partial charge is 0.263 e. The number of hydrogen-bond donors (Lipinski definition) is 0. The number of rotatable bonds is 4. The minimum Gasteiger partial charge on any atom is -0.291 e. The highest BCUT2D eigenvalue weighted by Crippen LogP contribution is 2.31. The minimum atomic E-state index is -0.207. The Morgan fingerprint density at radius 3 is 2.68 bits per heavy atom. The van der Waals surface area contributed by atoms with Crippen LogP contribution in [0.5, 0.6) is 0 Å². The van der Waals surface area contributed by atoms with E-state index < -0.39 is 0 Å². The number of thiophene rings is 2. The van der Waals surface area contributed by atoms with Gasteiger partial charge in [-0.05, 0) is 29.1 Å². The van der Waals surface area contributed by atoms with E-state index in [0.717, 1.165) is 11.1 Å². The van der Waals surface area contributed by atoms with Gasteiger partial charge in [0.1, 0.15) is 4.83 Å². The van der Waals surface area contributed by atoms with Crippen LogP contribution in [0.4, 0.5) is 0 Å². The van der Waals surface area contributed by atoms with Gasteiger partial charge in [0, 0.05) is 16.0 Å². The Labute approximate surface area is 156 Å². The number of Topliss-reactive ketones (excluding diaryl/α,β-unsaturated/α-hetero) is 1. The van der Waals surface area contributed by atoms with E-state index in [1.165, 1.54) is 33.6 Å². The second-order valence-electron chi connectivity index (χ2n) is 5.41. The summed E-state index contributed by atoms with van der Waals surface area (Å²) in [7, 11) is 0. The van der Waals surface area contributed by atoms with Gasteiger partial charge in [0.15, 0.2) is 5.78 Å². The van der Waals surface area contributed by atoms with Crippen molar-refractivity contribution < 1.29 is 4.79 Å². The van der Waals surface area contributed by atoms with E-state index in [-0.39, 0.29) is 17.9 Å². The first-order valence-electron chi connectivity index (χ1n) is 7.43. The van der Waals surface area contributed by atoms with Crippen LogP contribution in [-0.2, 0) is 6.54 Å². The van der Waals surface area contributed by atoms with Crippen LogP contribution in [-0.4, -0.2) is 15.3 Å². The number of hydrogen-bond acceptors (Lipinski definition) is 5. The molecule has 7 heteroatoms. The molecule has 1 aromatic carbocycles. The highest BCUT2D eigenvalue weighted by atomic mass is 35.5. The molecule has 4 nitrogen and oxygen atoms in total. The Balaban J connectivity index is 1.79. The average Bonchev–Trinajstić information content (AvgIpc) is 3.28. The molecule has 0 unspecified atom stereocenters. The summed E-state index contributed by atoms with van der Waals surface area (Å²) in [5.74, 6) is -0.0958. The normalized spacial score (nSPS) is 11.1. The van der Waals surface area contributed by atoms with Gasteiger partial charge in [-0.15, -0.1) is 22.7 Å². The zero-order valence-electron chi connectivity index (χ0n) is 12.8. The maximum atomic E-state index is 12.9. The van der Waals surface area contributed by atoms with E-state index in [2.05, 4.69) is 4.98 Å². The summed E-state index contributed by atoms with van der Waals surface area (Å²) in [6, 6.07) is 10.9. The first-order valence-corrected chi connectivity index (χ1v) is 9.56. The predicted octanol–water partition coefficient (Wildman–Crippen LogP) is 4.72. The maximum absolute atomic E-state index is 12.9. The SMILES string of the molecule is O=C(Cn1cnc2scc(-c3ccc(Cl)cc3)c2c1=O)c1cccs1. The van der Waals surface area contributed by atoms with Crippen LogP contribution in [0.25, 0.3) is 21.3 Å². The molecule has 0 aliphatic heterocycles. The number of nitrogens with zero attached hydrogens (tertiary/aromatic N) is 2. The molecule has 0 spiro atoms. The molecule has 0 bridgehead atoms. The molecule has 25 heavy (non-hydrogen) atoms. The van der Waals surface area contributed by atoms with E-state index in [9.17, 15) is 9.59 Å². The fourth-order valence-electron chi connectivity index (χ4n) is 2.59. The van der Waals surface area contributed by atoms with Gasteiger partial charge >= 0.3 is 0 Å². The van der Waals surface area contributed by atoms with Gasteiger partial charge in [-0.2, -0.15) is 0 Å². The van der Waals surface area contributed by atoms with Crippen LogP contribution in [0, 0.1) is 0 Å². The van der Waals surface area contributed by atoms with Crippen molar-refractivity contribution in [1.29, 1.82) is 0 Å². The Bertz CT molecular complexity index is 1110. The predicted molar refractivity (Wildman–Crippen MR) is 103 cm³/mol. The maximum Gasteiger partial charge on any atom is 0.263 e. The van der Waals surface area contributed by atoms with Crippen molar-refractivity contribution in [3.05, 3.63) is 73.7 Å². The zero-order chi connectivity index (χ0) is 17.4. The van der Waals surface area contributed by atoms with Gasteiger partial charge < -0.3 is 0 Å². The number of halogens is 1. The molecular formula is C18H11ClN2O2S2. The van der Waals surface area contributed by atoms with E-state index in [0.29, 0.717) is 20.1 Å². The van der Waals surface area contributed by atoms with Crippen molar-refractivity contribution in [2.24, 2.45) is 0 Å². The molecule has 0 amide bonds. The van der Waals surface area contributed by atoms with E-state index in [1.807, 2.05) is 29.0 Å². The largest absolute Gasteiger partial charge is 0.291 e. The number of benzene rings is 1. The number of fused-ring (bicyclic) bond motifs is 1. The number of ketones is 1. The van der Waals surface area contributed by atoms with Crippen LogP contribution in [0.1, 0.15) is 9.67 Å². The third-order valence-electron chi connectivity index (χ3n) is 3.83. The highest BCUT2D eigenvalue weighted by Gasteiger charge is 2.15. The van der Waals surface area contributed by atoms with Crippen LogP contribution in [0.3, 0.4) is 0 Å².